The van der Waals surface area contributed by atoms with E-state index >= 15 is 0 Å². The molecule has 0 N–H and O–H groups in total. The van der Waals surface area contributed by atoms with Crippen LogP contribution in [0.25, 0.3) is 0 Å². The van der Waals surface area contributed by atoms with Crippen molar-refractivity contribution in [1.29, 1.82) is 0 Å². The molecule has 0 saturated carbocycles. The summed E-state index contributed by atoms with van der Waals surface area (Å²) in [5.74, 6) is 0. The van der Waals surface area contributed by atoms with Gasteiger partial charge in [-0.2, -0.15) is 0 Å². The summed E-state index contributed by atoms with van der Waals surface area (Å²) < 4.78 is 0. The second-order valence-corrected chi connectivity index (χ2v) is 1.35. The van der Waals surface area contributed by atoms with Crippen molar-refractivity contribution in [3.05, 3.63) is 0 Å². The van der Waals surface area contributed by atoms with Gasteiger partial charge in [0, 0.05) is 17.1 Å². The fraction of sp³-hybridized carbons (Fsp3) is 1.00. The minimum atomic E-state index is 0. The fourth-order valence-corrected chi connectivity index (χ4v) is 0.440. The maximum absolute atomic E-state index is 4.57. The molecule has 7 heavy (non-hydrogen) atoms. The minimum absolute atomic E-state index is 0. The van der Waals surface area contributed by atoms with Crippen LogP contribution in [0.15, 0.2) is 0 Å². The molecule has 1 radical (unpaired) electrons. The molecule has 2 nitrogen and oxygen atoms in total. The zero-order chi connectivity index (χ0) is 4.24. The Hall–Kier alpha value is 0.439. The summed E-state index contributed by atoms with van der Waals surface area (Å²) in [6, 6.07) is 0. The number of hydrogen-bond donors (Lipinski definition) is 0. The van der Waals surface area contributed by atoms with Crippen molar-refractivity contribution in [2.75, 3.05) is 13.2 Å². The van der Waals surface area contributed by atoms with Gasteiger partial charge in [-0.25, -0.2) is 9.78 Å². The van der Waals surface area contributed by atoms with Crippen molar-refractivity contribution >= 4 is 0 Å². The zero-order valence-electron chi connectivity index (χ0n) is 3.95. The van der Waals surface area contributed by atoms with E-state index in [0.29, 0.717) is 0 Å². The molecule has 1 heterocycles. The van der Waals surface area contributed by atoms with Crippen LogP contribution in [-0.2, 0) is 26.8 Å². The van der Waals surface area contributed by atoms with Gasteiger partial charge in [0.15, 0.2) is 0 Å². The van der Waals surface area contributed by atoms with Gasteiger partial charge in [0.1, 0.15) is 0 Å². The number of rotatable bonds is 0. The van der Waals surface area contributed by atoms with E-state index in [0.717, 1.165) is 26.1 Å². The molecule has 47 valence electrons. The monoisotopic (exact) mass is 151 g/mol. The predicted molar refractivity (Wildman–Crippen MR) is 21.1 cm³/mol. The first kappa shape index (κ1) is 7.44. The minimum Gasteiger partial charge on any atom is -0.237 e. The zero-order valence-corrected chi connectivity index (χ0v) is 4.89. The first-order valence-electron chi connectivity index (χ1n) is 2.24. The van der Waals surface area contributed by atoms with Crippen LogP contribution >= 0.6 is 0 Å². The molecule has 0 aromatic heterocycles. The summed E-state index contributed by atoms with van der Waals surface area (Å²) in [6.07, 6.45) is 2.31. The van der Waals surface area contributed by atoms with Crippen molar-refractivity contribution in [2.45, 2.75) is 12.8 Å². The third kappa shape index (κ3) is 3.06. The third-order valence-corrected chi connectivity index (χ3v) is 0.789. The van der Waals surface area contributed by atoms with E-state index in [-0.39, 0.29) is 17.1 Å². The van der Waals surface area contributed by atoms with Crippen molar-refractivity contribution < 1.29 is 26.8 Å². The van der Waals surface area contributed by atoms with Crippen LogP contribution in [0.5, 0.6) is 0 Å². The van der Waals surface area contributed by atoms with Gasteiger partial charge < -0.3 is 0 Å². The van der Waals surface area contributed by atoms with Crippen LogP contribution in [0.1, 0.15) is 12.8 Å². The molecule has 0 aromatic rings. The van der Waals surface area contributed by atoms with E-state index in [1.54, 1.807) is 0 Å². The molecule has 0 bridgehead atoms. The molecule has 0 unspecified atom stereocenters. The molecule has 0 atom stereocenters. The van der Waals surface area contributed by atoms with Gasteiger partial charge >= 0.3 is 0 Å². The predicted octanol–water partition coefficient (Wildman–Crippen LogP) is 0.726. The SMILES string of the molecule is C1CCOOC1.[Cu]. The molecule has 1 aliphatic heterocycles. The maximum Gasteiger partial charge on any atom is 0.0823 e. The van der Waals surface area contributed by atoms with Crippen LogP contribution in [-0.4, -0.2) is 13.2 Å². The quantitative estimate of drug-likeness (QED) is 0.376. The fourth-order valence-electron chi connectivity index (χ4n) is 0.440. The molecule has 0 aliphatic carbocycles. The molecule has 1 fully saturated rings. The molecular formula is C4H8CuO2. The molecule has 0 amide bonds. The summed E-state index contributed by atoms with van der Waals surface area (Å²) in [5, 5.41) is 0. The van der Waals surface area contributed by atoms with Crippen LogP contribution in [0.2, 0.25) is 0 Å². The standard InChI is InChI=1S/C4H8O2.Cu/c1-2-4-6-5-3-1;/h1-4H2;. The van der Waals surface area contributed by atoms with E-state index < -0.39 is 0 Å². The average Bonchev–Trinajstić information content (AvgIpc) is 1.72. The van der Waals surface area contributed by atoms with E-state index in [1.165, 1.54) is 0 Å². The van der Waals surface area contributed by atoms with E-state index in [1.807, 2.05) is 0 Å². The van der Waals surface area contributed by atoms with Crippen LogP contribution in [0.4, 0.5) is 0 Å². The van der Waals surface area contributed by atoms with Gasteiger partial charge in [0.05, 0.1) is 13.2 Å². The Morgan fingerprint density at radius 3 is 1.43 bits per heavy atom. The molecule has 0 aromatic carbocycles. The first-order chi connectivity index (χ1) is 3.00. The Morgan fingerprint density at radius 1 is 0.857 bits per heavy atom. The maximum atomic E-state index is 4.57. The van der Waals surface area contributed by atoms with Gasteiger partial charge in [-0.3, -0.25) is 0 Å². The third-order valence-electron chi connectivity index (χ3n) is 0.789. The Morgan fingerprint density at radius 2 is 1.29 bits per heavy atom. The normalized spacial score (nSPS) is 20.6. The Balaban J connectivity index is 0.000000360. The van der Waals surface area contributed by atoms with Gasteiger partial charge in [0.25, 0.3) is 0 Å². The summed E-state index contributed by atoms with van der Waals surface area (Å²) in [4.78, 5) is 9.14. The molecule has 0 spiro atoms. The Bertz CT molecular complexity index is 25.2. The second-order valence-electron chi connectivity index (χ2n) is 1.35. The first-order valence-corrected chi connectivity index (χ1v) is 2.24. The smallest absolute Gasteiger partial charge is 0.0823 e. The summed E-state index contributed by atoms with van der Waals surface area (Å²) in [6.45, 7) is 1.56. The Kier molecular flexibility index (Phi) is 4.88. The van der Waals surface area contributed by atoms with Crippen LogP contribution in [0.3, 0.4) is 0 Å². The Labute approximate surface area is 53.6 Å². The molecule has 1 aliphatic rings. The van der Waals surface area contributed by atoms with Crippen molar-refractivity contribution in [3.63, 3.8) is 0 Å². The summed E-state index contributed by atoms with van der Waals surface area (Å²) in [5.41, 5.74) is 0. The largest absolute Gasteiger partial charge is 0.237 e. The van der Waals surface area contributed by atoms with E-state index in [9.17, 15) is 0 Å². The molecular weight excluding hydrogens is 144 g/mol. The average molecular weight is 152 g/mol. The van der Waals surface area contributed by atoms with Gasteiger partial charge in [-0.15, -0.1) is 0 Å². The molecule has 1 rings (SSSR count). The second kappa shape index (κ2) is 4.59. The van der Waals surface area contributed by atoms with Gasteiger partial charge in [-0.1, -0.05) is 0 Å². The topological polar surface area (TPSA) is 18.5 Å². The van der Waals surface area contributed by atoms with E-state index in [2.05, 4.69) is 9.78 Å². The summed E-state index contributed by atoms with van der Waals surface area (Å²) >= 11 is 0. The van der Waals surface area contributed by atoms with Crippen molar-refractivity contribution in [1.82, 2.24) is 0 Å². The van der Waals surface area contributed by atoms with E-state index in [4.69, 9.17) is 0 Å². The van der Waals surface area contributed by atoms with Gasteiger partial charge in [0.2, 0.25) is 0 Å². The van der Waals surface area contributed by atoms with Crippen LogP contribution < -0.4 is 0 Å². The van der Waals surface area contributed by atoms with Crippen molar-refractivity contribution in [3.8, 4) is 0 Å². The summed E-state index contributed by atoms with van der Waals surface area (Å²) in [7, 11) is 0. The number of hydrogen-bond acceptors (Lipinski definition) is 2. The molecule has 1 saturated heterocycles. The molecule has 3 heteroatoms. The van der Waals surface area contributed by atoms with Gasteiger partial charge in [-0.05, 0) is 12.8 Å². The van der Waals surface area contributed by atoms with Crippen LogP contribution in [0, 0.1) is 0 Å². The van der Waals surface area contributed by atoms with Crippen molar-refractivity contribution in [2.24, 2.45) is 0 Å².